The van der Waals surface area contributed by atoms with Crippen LogP contribution in [-0.4, -0.2) is 69.4 Å². The Balaban J connectivity index is 5.21. The van der Waals surface area contributed by atoms with Crippen molar-refractivity contribution in [2.75, 3.05) is 40.9 Å². The van der Waals surface area contributed by atoms with Crippen LogP contribution in [0, 0.1) is 0 Å². The lowest BCUT2D eigenvalue weighted by atomic mass is 10.0. The summed E-state index contributed by atoms with van der Waals surface area (Å²) in [6, 6.07) is -0.897. The molecule has 0 spiro atoms. The summed E-state index contributed by atoms with van der Waals surface area (Å²) in [6.07, 6.45) is 70.4. The molecule has 0 fully saturated rings. The smallest absolute Gasteiger partial charge is 0.306 e. The SMILES string of the molecule is CCCCC/C=C\C/C=C\C/C=C\CCCCCCCCCCCCC(=O)NC(COP(=O)([O-])OCC[N+](C)(C)C)C(/C=C\CCCCCCCCCCCCC)OC(=O)CCCCC/C=C\CCCCCCCCC. The topological polar surface area (TPSA) is 114 Å². The second-order valence-corrected chi connectivity index (χ2v) is 24.3. The first-order valence-corrected chi connectivity index (χ1v) is 33.6. The number of phosphoric acid groups is 1. The second-order valence-electron chi connectivity index (χ2n) is 22.9. The van der Waals surface area contributed by atoms with Gasteiger partial charge < -0.3 is 28.5 Å². The minimum atomic E-state index is -4.70. The number of quaternary nitrogens is 1. The summed E-state index contributed by atoms with van der Waals surface area (Å²) in [5.74, 6) is -0.557. The quantitative estimate of drug-likeness (QED) is 0.0212. The molecule has 10 heteroatoms. The number of nitrogens with one attached hydrogen (secondary N) is 1. The van der Waals surface area contributed by atoms with Gasteiger partial charge in [0.15, 0.2) is 0 Å². The predicted octanol–water partition coefficient (Wildman–Crippen LogP) is 19.2. The number of ether oxygens (including phenoxy) is 1. The Labute approximate surface area is 471 Å². The van der Waals surface area contributed by atoms with Gasteiger partial charge in [0.1, 0.15) is 19.3 Å². The van der Waals surface area contributed by atoms with Crippen molar-refractivity contribution in [2.24, 2.45) is 0 Å². The van der Waals surface area contributed by atoms with Gasteiger partial charge in [0, 0.05) is 12.8 Å². The van der Waals surface area contributed by atoms with Crippen LogP contribution in [0.1, 0.15) is 297 Å². The van der Waals surface area contributed by atoms with Crippen LogP contribution >= 0.6 is 7.82 Å². The molecule has 0 aromatic rings. The van der Waals surface area contributed by atoms with E-state index in [9.17, 15) is 19.0 Å². The van der Waals surface area contributed by atoms with Crippen LogP contribution in [0.4, 0.5) is 0 Å². The van der Waals surface area contributed by atoms with Crippen LogP contribution in [0.25, 0.3) is 0 Å². The van der Waals surface area contributed by atoms with E-state index in [2.05, 4.69) is 74.7 Å². The zero-order valence-corrected chi connectivity index (χ0v) is 51.6. The van der Waals surface area contributed by atoms with Gasteiger partial charge in [-0.3, -0.25) is 14.2 Å². The van der Waals surface area contributed by atoms with Gasteiger partial charge in [0.25, 0.3) is 7.82 Å². The standard InChI is InChI=1S/C66H123N2O7P/c1-7-10-13-16-19-22-25-28-30-31-32-33-34-35-36-37-38-40-43-46-49-52-55-58-65(69)67-63(62-74-76(71,72)73-61-60-68(4,5)6)64(57-54-51-48-45-42-39-27-24-21-18-15-12-9-3)75-66(70)59-56-53-50-47-44-41-29-26-23-20-17-14-11-8-2/h19,22,28,30,32-33,41,44,54,57,63-64H,7-18,20-21,23-27,29,31,34-40,42-43,45-53,55-56,58-62H2,1-6H3,(H-,67,69,71,72)/b22-19-,30-28-,33-32-,44-41-,57-54-. The fourth-order valence-electron chi connectivity index (χ4n) is 9.17. The molecule has 444 valence electrons. The van der Waals surface area contributed by atoms with Gasteiger partial charge in [-0.25, -0.2) is 0 Å². The van der Waals surface area contributed by atoms with Crippen molar-refractivity contribution in [3.8, 4) is 0 Å². The second kappa shape index (κ2) is 56.0. The summed E-state index contributed by atoms with van der Waals surface area (Å²) in [5.41, 5.74) is 0. The number of carbonyl (C=O) groups excluding carboxylic acids is 2. The molecule has 0 aliphatic heterocycles. The van der Waals surface area contributed by atoms with Crippen molar-refractivity contribution in [3.05, 3.63) is 60.8 Å². The number of phosphoric ester groups is 1. The maximum Gasteiger partial charge on any atom is 0.306 e. The van der Waals surface area contributed by atoms with Gasteiger partial charge in [-0.2, -0.15) is 0 Å². The van der Waals surface area contributed by atoms with Crippen LogP contribution in [0.3, 0.4) is 0 Å². The number of unbranched alkanes of at least 4 members (excludes halogenated alkanes) is 34. The van der Waals surface area contributed by atoms with Gasteiger partial charge in [0.05, 0.1) is 33.8 Å². The van der Waals surface area contributed by atoms with E-state index in [0.29, 0.717) is 23.9 Å². The normalized spacial score (nSPS) is 14.0. The van der Waals surface area contributed by atoms with E-state index in [-0.39, 0.29) is 24.9 Å². The number of allylic oxidation sites excluding steroid dienone is 9. The van der Waals surface area contributed by atoms with E-state index in [4.69, 9.17) is 13.8 Å². The van der Waals surface area contributed by atoms with Crippen LogP contribution in [0.2, 0.25) is 0 Å². The van der Waals surface area contributed by atoms with Crippen molar-refractivity contribution < 1.29 is 37.3 Å². The molecule has 76 heavy (non-hydrogen) atoms. The molecule has 3 atom stereocenters. The molecule has 1 amide bonds. The van der Waals surface area contributed by atoms with Gasteiger partial charge >= 0.3 is 5.97 Å². The summed E-state index contributed by atoms with van der Waals surface area (Å²) >= 11 is 0. The molecule has 0 bridgehead atoms. The Morgan fingerprint density at radius 1 is 0.461 bits per heavy atom. The first-order valence-electron chi connectivity index (χ1n) is 32.1. The highest BCUT2D eigenvalue weighted by atomic mass is 31.2. The van der Waals surface area contributed by atoms with Crippen molar-refractivity contribution >= 4 is 19.7 Å². The van der Waals surface area contributed by atoms with E-state index >= 15 is 0 Å². The van der Waals surface area contributed by atoms with Gasteiger partial charge in [-0.15, -0.1) is 0 Å². The molecular weight excluding hydrogens is 964 g/mol. The molecule has 0 saturated heterocycles. The Bertz CT molecular complexity index is 1490. The van der Waals surface area contributed by atoms with E-state index in [0.717, 1.165) is 89.9 Å². The molecule has 0 saturated carbocycles. The number of hydrogen-bond donors (Lipinski definition) is 1. The first-order chi connectivity index (χ1) is 36.9. The zero-order valence-electron chi connectivity index (χ0n) is 50.7. The number of likely N-dealkylation sites (N-methyl/N-ethyl adjacent to an activating group) is 1. The average molecular weight is 1090 g/mol. The first kappa shape index (κ1) is 73.7. The highest BCUT2D eigenvalue weighted by molar-refractivity contribution is 7.45. The number of hydrogen-bond acceptors (Lipinski definition) is 7. The lowest BCUT2D eigenvalue weighted by molar-refractivity contribution is -0.870. The third kappa shape index (κ3) is 56.4. The zero-order chi connectivity index (χ0) is 55.7. The van der Waals surface area contributed by atoms with Crippen LogP contribution in [0.5, 0.6) is 0 Å². The van der Waals surface area contributed by atoms with Gasteiger partial charge in [-0.05, 0) is 96.0 Å². The third-order valence-electron chi connectivity index (χ3n) is 14.2. The average Bonchev–Trinajstić information content (AvgIpc) is 3.38. The number of esters is 1. The van der Waals surface area contributed by atoms with E-state index in [1.165, 1.54) is 167 Å². The van der Waals surface area contributed by atoms with E-state index in [1.54, 1.807) is 0 Å². The van der Waals surface area contributed by atoms with E-state index < -0.39 is 26.6 Å². The molecule has 0 aliphatic carbocycles. The van der Waals surface area contributed by atoms with Gasteiger partial charge in [-0.1, -0.05) is 249 Å². The maximum atomic E-state index is 13.5. The minimum Gasteiger partial charge on any atom is -0.756 e. The van der Waals surface area contributed by atoms with Crippen molar-refractivity contribution in [2.45, 2.75) is 309 Å². The largest absolute Gasteiger partial charge is 0.756 e. The fraction of sp³-hybridized carbons (Fsp3) is 0.818. The molecular formula is C66H123N2O7P. The number of amides is 1. The molecule has 0 rings (SSSR count). The Hall–Kier alpha value is -2.29. The summed E-state index contributed by atoms with van der Waals surface area (Å²) in [7, 11) is 1.18. The van der Waals surface area contributed by atoms with Crippen molar-refractivity contribution in [1.29, 1.82) is 0 Å². The minimum absolute atomic E-state index is 0.0259. The molecule has 0 aromatic carbocycles. The lowest BCUT2D eigenvalue weighted by Gasteiger charge is -2.30. The highest BCUT2D eigenvalue weighted by Crippen LogP contribution is 2.38. The van der Waals surface area contributed by atoms with Crippen LogP contribution < -0.4 is 10.2 Å². The molecule has 9 nitrogen and oxygen atoms in total. The van der Waals surface area contributed by atoms with Crippen molar-refractivity contribution in [3.63, 3.8) is 0 Å². The molecule has 0 heterocycles. The summed E-state index contributed by atoms with van der Waals surface area (Å²) in [5, 5.41) is 3.03. The maximum absolute atomic E-state index is 13.5. The highest BCUT2D eigenvalue weighted by Gasteiger charge is 2.27. The fourth-order valence-corrected chi connectivity index (χ4v) is 9.89. The predicted molar refractivity (Wildman–Crippen MR) is 325 cm³/mol. The summed E-state index contributed by atoms with van der Waals surface area (Å²) < 4.78 is 30.3. The van der Waals surface area contributed by atoms with Gasteiger partial charge in [0.2, 0.25) is 5.91 Å². The van der Waals surface area contributed by atoms with E-state index in [1.807, 2.05) is 33.3 Å². The molecule has 3 unspecified atom stereocenters. The van der Waals surface area contributed by atoms with Crippen molar-refractivity contribution in [1.82, 2.24) is 5.32 Å². The number of nitrogens with zero attached hydrogens (tertiary/aromatic N) is 1. The number of rotatable bonds is 58. The third-order valence-corrected chi connectivity index (χ3v) is 15.1. The Kier molecular flexibility index (Phi) is 54.3. The molecule has 1 N–H and O–H groups in total. The molecule has 0 aliphatic rings. The monoisotopic (exact) mass is 1090 g/mol. The Morgan fingerprint density at radius 2 is 0.803 bits per heavy atom. The molecule has 0 radical (unpaired) electrons. The molecule has 0 aromatic heterocycles. The summed E-state index contributed by atoms with van der Waals surface area (Å²) in [4.78, 5) is 40.0. The lowest BCUT2D eigenvalue weighted by Crippen LogP contribution is -2.47. The number of carbonyl (C=O) groups is 2. The van der Waals surface area contributed by atoms with Crippen LogP contribution in [-0.2, 0) is 27.9 Å². The Morgan fingerprint density at radius 3 is 1.25 bits per heavy atom. The summed E-state index contributed by atoms with van der Waals surface area (Å²) in [6.45, 7) is 6.82. The van der Waals surface area contributed by atoms with Crippen LogP contribution in [0.15, 0.2) is 60.8 Å².